The van der Waals surface area contributed by atoms with Crippen molar-refractivity contribution in [1.29, 1.82) is 0 Å². The van der Waals surface area contributed by atoms with Crippen LogP contribution in [-0.2, 0) is 6.42 Å². The van der Waals surface area contributed by atoms with Crippen molar-refractivity contribution >= 4 is 51.4 Å². The molecule has 1 heterocycles. The standard InChI is InChI=1S/C20H21F2N3OS.HI/c1-23-20(24-10-9-14-15(21)6-4-7-16(14)22)25-12-17(26)19-11-13-5-2-3-8-18(13)27-19;/h2-8,11,17,26H,9-10,12H2,1H3,(H2,23,24,25);1H. The summed E-state index contributed by atoms with van der Waals surface area (Å²) < 4.78 is 28.4. The smallest absolute Gasteiger partial charge is 0.191 e. The Labute approximate surface area is 183 Å². The number of thiophene rings is 1. The summed E-state index contributed by atoms with van der Waals surface area (Å²) in [6.45, 7) is 0.594. The molecule has 0 spiro atoms. The number of halogens is 3. The van der Waals surface area contributed by atoms with Crippen molar-refractivity contribution in [3.8, 4) is 0 Å². The summed E-state index contributed by atoms with van der Waals surface area (Å²) in [6, 6.07) is 13.8. The Morgan fingerprint density at radius 1 is 1.11 bits per heavy atom. The second-order valence-electron chi connectivity index (χ2n) is 6.03. The second-order valence-corrected chi connectivity index (χ2v) is 7.15. The summed E-state index contributed by atoms with van der Waals surface area (Å²) in [5.74, 6) is -0.647. The average molecular weight is 517 g/mol. The Balaban J connectivity index is 0.00000280. The van der Waals surface area contributed by atoms with Crippen molar-refractivity contribution in [3.05, 3.63) is 70.6 Å². The zero-order valence-electron chi connectivity index (χ0n) is 15.3. The maximum absolute atomic E-state index is 13.6. The molecule has 3 N–H and O–H groups in total. The zero-order valence-corrected chi connectivity index (χ0v) is 18.4. The van der Waals surface area contributed by atoms with Crippen LogP contribution in [0.1, 0.15) is 16.5 Å². The molecule has 8 heteroatoms. The third-order valence-corrected chi connectivity index (χ3v) is 5.41. The van der Waals surface area contributed by atoms with Gasteiger partial charge in [-0.2, -0.15) is 0 Å². The highest BCUT2D eigenvalue weighted by Crippen LogP contribution is 2.29. The third kappa shape index (κ3) is 5.62. The number of hydrogen-bond acceptors (Lipinski definition) is 3. The molecule has 150 valence electrons. The SMILES string of the molecule is CN=C(NCCc1c(F)cccc1F)NCC(O)c1cc2ccccc2s1.I. The minimum Gasteiger partial charge on any atom is -0.386 e. The number of aliphatic hydroxyl groups excluding tert-OH is 1. The Kier molecular flexibility index (Phi) is 8.58. The van der Waals surface area contributed by atoms with E-state index in [9.17, 15) is 13.9 Å². The second kappa shape index (κ2) is 10.7. The Morgan fingerprint density at radius 2 is 1.82 bits per heavy atom. The minimum absolute atomic E-state index is 0. The summed E-state index contributed by atoms with van der Waals surface area (Å²) in [7, 11) is 1.60. The van der Waals surface area contributed by atoms with Crippen molar-refractivity contribution in [2.75, 3.05) is 20.1 Å². The van der Waals surface area contributed by atoms with Crippen LogP contribution in [0.25, 0.3) is 10.1 Å². The van der Waals surface area contributed by atoms with Gasteiger partial charge in [-0.05, 0) is 36.1 Å². The molecule has 28 heavy (non-hydrogen) atoms. The summed E-state index contributed by atoms with van der Waals surface area (Å²) in [5, 5.41) is 17.6. The van der Waals surface area contributed by atoms with Gasteiger partial charge < -0.3 is 15.7 Å². The number of benzene rings is 2. The van der Waals surface area contributed by atoms with Gasteiger partial charge in [-0.1, -0.05) is 24.3 Å². The molecule has 2 aromatic carbocycles. The van der Waals surface area contributed by atoms with Gasteiger partial charge in [-0.15, -0.1) is 35.3 Å². The quantitative estimate of drug-likeness (QED) is 0.261. The van der Waals surface area contributed by atoms with E-state index in [-0.39, 0.29) is 42.5 Å². The molecule has 3 rings (SSSR count). The van der Waals surface area contributed by atoms with Gasteiger partial charge in [0.2, 0.25) is 0 Å². The predicted molar refractivity (Wildman–Crippen MR) is 122 cm³/mol. The maximum atomic E-state index is 13.6. The van der Waals surface area contributed by atoms with Crippen LogP contribution in [-0.4, -0.2) is 31.2 Å². The van der Waals surface area contributed by atoms with Gasteiger partial charge in [0.25, 0.3) is 0 Å². The van der Waals surface area contributed by atoms with Gasteiger partial charge in [0, 0.05) is 35.3 Å². The Hall–Kier alpha value is -1.78. The molecule has 1 atom stereocenters. The molecular formula is C20H22F2IN3OS. The number of hydrogen-bond donors (Lipinski definition) is 3. The van der Waals surface area contributed by atoms with Gasteiger partial charge in [0.15, 0.2) is 5.96 Å². The van der Waals surface area contributed by atoms with Crippen molar-refractivity contribution in [3.63, 3.8) is 0 Å². The number of nitrogens with zero attached hydrogens (tertiary/aromatic N) is 1. The van der Waals surface area contributed by atoms with Crippen LogP contribution in [0.15, 0.2) is 53.5 Å². The van der Waals surface area contributed by atoms with E-state index in [4.69, 9.17) is 0 Å². The maximum Gasteiger partial charge on any atom is 0.191 e. The first-order valence-electron chi connectivity index (χ1n) is 8.62. The first-order valence-corrected chi connectivity index (χ1v) is 9.44. The van der Waals surface area contributed by atoms with E-state index >= 15 is 0 Å². The van der Waals surface area contributed by atoms with Crippen molar-refractivity contribution < 1.29 is 13.9 Å². The number of guanidine groups is 1. The fraction of sp³-hybridized carbons (Fsp3) is 0.250. The molecule has 0 bridgehead atoms. The summed E-state index contributed by atoms with van der Waals surface area (Å²) in [4.78, 5) is 4.94. The van der Waals surface area contributed by atoms with Gasteiger partial charge in [-0.3, -0.25) is 4.99 Å². The summed E-state index contributed by atoms with van der Waals surface area (Å²) in [5.41, 5.74) is 0.0470. The van der Waals surface area contributed by atoms with E-state index in [1.54, 1.807) is 18.4 Å². The van der Waals surface area contributed by atoms with Crippen molar-refractivity contribution in [2.45, 2.75) is 12.5 Å². The Morgan fingerprint density at radius 3 is 2.50 bits per heavy atom. The lowest BCUT2D eigenvalue weighted by Crippen LogP contribution is -2.40. The monoisotopic (exact) mass is 517 g/mol. The van der Waals surface area contributed by atoms with Crippen LogP contribution < -0.4 is 10.6 Å². The molecule has 4 nitrogen and oxygen atoms in total. The van der Waals surface area contributed by atoms with Crippen molar-refractivity contribution in [1.82, 2.24) is 10.6 Å². The third-order valence-electron chi connectivity index (χ3n) is 4.19. The Bertz CT molecular complexity index is 895. The van der Waals surface area contributed by atoms with E-state index in [1.165, 1.54) is 18.2 Å². The molecule has 0 saturated heterocycles. The van der Waals surface area contributed by atoms with Gasteiger partial charge in [0.1, 0.15) is 17.7 Å². The van der Waals surface area contributed by atoms with Crippen LogP contribution in [0.3, 0.4) is 0 Å². The number of fused-ring (bicyclic) bond motifs is 1. The molecule has 0 radical (unpaired) electrons. The van der Waals surface area contributed by atoms with E-state index < -0.39 is 17.7 Å². The van der Waals surface area contributed by atoms with E-state index in [1.807, 2.05) is 30.3 Å². The van der Waals surface area contributed by atoms with Crippen LogP contribution >= 0.6 is 35.3 Å². The number of aliphatic hydroxyl groups is 1. The number of nitrogens with one attached hydrogen (secondary N) is 2. The van der Waals surface area contributed by atoms with Crippen LogP contribution in [0.5, 0.6) is 0 Å². The molecule has 0 saturated carbocycles. The molecular weight excluding hydrogens is 495 g/mol. The van der Waals surface area contributed by atoms with Gasteiger partial charge in [-0.25, -0.2) is 8.78 Å². The highest BCUT2D eigenvalue weighted by atomic mass is 127. The van der Waals surface area contributed by atoms with E-state index in [0.29, 0.717) is 12.5 Å². The molecule has 0 amide bonds. The largest absolute Gasteiger partial charge is 0.386 e. The lowest BCUT2D eigenvalue weighted by Gasteiger charge is -2.15. The molecule has 1 aromatic heterocycles. The fourth-order valence-electron chi connectivity index (χ4n) is 2.76. The van der Waals surface area contributed by atoms with E-state index in [0.717, 1.165) is 15.0 Å². The summed E-state index contributed by atoms with van der Waals surface area (Å²) >= 11 is 1.55. The average Bonchev–Trinajstić information content (AvgIpc) is 3.10. The highest BCUT2D eigenvalue weighted by Gasteiger charge is 2.12. The van der Waals surface area contributed by atoms with Crippen LogP contribution in [0.4, 0.5) is 8.78 Å². The minimum atomic E-state index is -0.676. The number of aliphatic imine (C=N–C) groups is 1. The molecule has 1 unspecified atom stereocenters. The topological polar surface area (TPSA) is 56.7 Å². The molecule has 0 aliphatic carbocycles. The van der Waals surface area contributed by atoms with Gasteiger partial charge >= 0.3 is 0 Å². The first kappa shape index (κ1) is 22.5. The number of rotatable bonds is 6. The lowest BCUT2D eigenvalue weighted by molar-refractivity contribution is 0.184. The normalized spacial score (nSPS) is 12.5. The summed E-state index contributed by atoms with van der Waals surface area (Å²) in [6.07, 6.45) is -0.483. The van der Waals surface area contributed by atoms with Crippen molar-refractivity contribution in [2.24, 2.45) is 4.99 Å². The molecule has 3 aromatic rings. The fourth-order valence-corrected chi connectivity index (χ4v) is 3.81. The molecule has 0 aliphatic rings. The van der Waals surface area contributed by atoms with Gasteiger partial charge in [0.05, 0.1) is 0 Å². The first-order chi connectivity index (χ1) is 13.1. The predicted octanol–water partition coefficient (Wildman–Crippen LogP) is 4.24. The van der Waals surface area contributed by atoms with E-state index in [2.05, 4.69) is 15.6 Å². The highest BCUT2D eigenvalue weighted by molar-refractivity contribution is 14.0. The molecule has 0 aliphatic heterocycles. The molecule has 0 fully saturated rings. The zero-order chi connectivity index (χ0) is 19.2. The lowest BCUT2D eigenvalue weighted by atomic mass is 10.1. The van der Waals surface area contributed by atoms with Crippen LogP contribution in [0, 0.1) is 11.6 Å². The van der Waals surface area contributed by atoms with Crippen LogP contribution in [0.2, 0.25) is 0 Å².